The predicted octanol–water partition coefficient (Wildman–Crippen LogP) is 2.87. The zero-order valence-corrected chi connectivity index (χ0v) is 13.7. The van der Waals surface area contributed by atoms with Crippen molar-refractivity contribution in [3.05, 3.63) is 41.6 Å². The third kappa shape index (κ3) is 3.34. The Bertz CT molecular complexity index is 1040. The first-order valence-electron chi connectivity index (χ1n) is 6.99. The average Bonchev–Trinajstić information content (AvgIpc) is 3.06. The maximum atomic E-state index is 8.72. The molecule has 2 aromatic heterocycles. The zero-order chi connectivity index (χ0) is 17.8. The summed E-state index contributed by atoms with van der Waals surface area (Å²) >= 11 is 6.12. The molecule has 8 nitrogen and oxygen atoms in total. The molecule has 1 N–H and O–H groups in total. The summed E-state index contributed by atoms with van der Waals surface area (Å²) in [4.78, 5) is 4.49. The number of fused-ring (bicyclic) bond motifs is 1. The largest absolute Gasteiger partial charge is 0.480 e. The molecule has 25 heavy (non-hydrogen) atoms. The number of hydrogen-bond donors (Lipinski definition) is 1. The summed E-state index contributed by atoms with van der Waals surface area (Å²) in [5.74, 6) is 0.477. The first-order valence-corrected chi connectivity index (χ1v) is 7.36. The number of imidazole rings is 1. The van der Waals surface area contributed by atoms with Crippen LogP contribution in [0.3, 0.4) is 0 Å². The number of nitrogens with one attached hydrogen (secondary N) is 1. The van der Waals surface area contributed by atoms with Crippen molar-refractivity contribution in [1.82, 2.24) is 14.6 Å². The molecule has 0 bridgehead atoms. The number of benzene rings is 1. The summed E-state index contributed by atoms with van der Waals surface area (Å²) in [5.41, 5.74) is 4.87. The van der Waals surface area contributed by atoms with E-state index in [1.54, 1.807) is 60.3 Å². The first-order chi connectivity index (χ1) is 12.1. The highest BCUT2D eigenvalue weighted by molar-refractivity contribution is 6.33. The summed E-state index contributed by atoms with van der Waals surface area (Å²) < 4.78 is 6.70. The number of rotatable bonds is 4. The number of halogens is 1. The Morgan fingerprint density at radius 3 is 2.80 bits per heavy atom. The number of aromatic nitrogens is 3. The van der Waals surface area contributed by atoms with Gasteiger partial charge in [-0.2, -0.15) is 15.6 Å². The lowest BCUT2D eigenvalue weighted by Gasteiger charge is -2.05. The lowest BCUT2D eigenvalue weighted by Crippen LogP contribution is -1.97. The van der Waals surface area contributed by atoms with Crippen molar-refractivity contribution < 1.29 is 4.74 Å². The van der Waals surface area contributed by atoms with Gasteiger partial charge in [-0.05, 0) is 18.2 Å². The van der Waals surface area contributed by atoms with E-state index in [1.807, 2.05) is 0 Å². The number of anilines is 1. The van der Waals surface area contributed by atoms with Crippen LogP contribution in [0.2, 0.25) is 5.02 Å². The summed E-state index contributed by atoms with van der Waals surface area (Å²) in [6.45, 7) is 0. The summed E-state index contributed by atoms with van der Waals surface area (Å²) in [5, 5.41) is 25.8. The summed E-state index contributed by atoms with van der Waals surface area (Å²) in [6, 6.07) is 12.0. The van der Waals surface area contributed by atoms with E-state index >= 15 is 0 Å². The number of nitrogens with zero attached hydrogens (tertiary/aromatic N) is 6. The number of methoxy groups -OCH3 is 1. The van der Waals surface area contributed by atoms with E-state index in [-0.39, 0.29) is 5.71 Å². The smallest absolute Gasteiger partial charge is 0.237 e. The van der Waals surface area contributed by atoms with Gasteiger partial charge in [0, 0.05) is 11.6 Å². The van der Waals surface area contributed by atoms with Gasteiger partial charge in [0.25, 0.3) is 0 Å². The molecule has 3 aromatic rings. The molecule has 9 heteroatoms. The molecule has 2 heterocycles. The normalized spacial score (nSPS) is 9.92. The van der Waals surface area contributed by atoms with Gasteiger partial charge in [0.05, 0.1) is 29.7 Å². The van der Waals surface area contributed by atoms with Crippen LogP contribution in [0.4, 0.5) is 5.69 Å². The molecule has 3 rings (SSSR count). The van der Waals surface area contributed by atoms with E-state index in [9.17, 15) is 0 Å². The Morgan fingerprint density at radius 1 is 1.28 bits per heavy atom. The Morgan fingerprint density at radius 2 is 2.08 bits per heavy atom. The molecule has 0 saturated carbocycles. The first kappa shape index (κ1) is 16.2. The molecule has 0 radical (unpaired) electrons. The lowest BCUT2D eigenvalue weighted by atomic mass is 10.1. The third-order valence-corrected chi connectivity index (χ3v) is 3.60. The van der Waals surface area contributed by atoms with Crippen LogP contribution in [0.25, 0.3) is 16.9 Å². The zero-order valence-electron chi connectivity index (χ0n) is 12.9. The fourth-order valence-electron chi connectivity index (χ4n) is 2.07. The van der Waals surface area contributed by atoms with E-state index in [0.717, 1.165) is 5.56 Å². The monoisotopic (exact) mass is 351 g/mol. The Kier molecular flexibility index (Phi) is 4.46. The SMILES string of the molecule is COc1ccc2nc(-c3ccc(Cl)c(NN=C(C#N)C#N)c3)cn2n1. The van der Waals surface area contributed by atoms with E-state index in [4.69, 9.17) is 26.9 Å². The van der Waals surface area contributed by atoms with E-state index in [1.165, 1.54) is 0 Å². The van der Waals surface area contributed by atoms with E-state index in [0.29, 0.717) is 27.9 Å². The minimum Gasteiger partial charge on any atom is -0.480 e. The van der Waals surface area contributed by atoms with E-state index < -0.39 is 0 Å². The van der Waals surface area contributed by atoms with Crippen molar-refractivity contribution in [1.29, 1.82) is 10.5 Å². The van der Waals surface area contributed by atoms with Crippen LogP contribution in [0, 0.1) is 22.7 Å². The molecule has 0 aliphatic carbocycles. The van der Waals surface area contributed by atoms with Gasteiger partial charge in [-0.15, -0.1) is 5.10 Å². The van der Waals surface area contributed by atoms with Gasteiger partial charge in [0.15, 0.2) is 5.65 Å². The van der Waals surface area contributed by atoms with Crippen LogP contribution in [0.1, 0.15) is 0 Å². The average molecular weight is 352 g/mol. The second-order valence-electron chi connectivity index (χ2n) is 4.80. The maximum absolute atomic E-state index is 8.72. The Balaban J connectivity index is 1.98. The van der Waals surface area contributed by atoms with Crippen LogP contribution < -0.4 is 10.2 Å². The molecule has 1 aromatic carbocycles. The van der Waals surface area contributed by atoms with Crippen molar-refractivity contribution >= 4 is 28.6 Å². The molecule has 0 aliphatic rings. The molecule has 0 aliphatic heterocycles. The number of hydrazone groups is 1. The van der Waals surface area contributed by atoms with Gasteiger partial charge in [-0.3, -0.25) is 5.43 Å². The highest BCUT2D eigenvalue weighted by atomic mass is 35.5. The van der Waals surface area contributed by atoms with Crippen molar-refractivity contribution in [2.75, 3.05) is 12.5 Å². The van der Waals surface area contributed by atoms with Crippen LogP contribution in [0.15, 0.2) is 41.6 Å². The molecule has 0 unspecified atom stereocenters. The molecule has 0 fully saturated rings. The molecule has 0 spiro atoms. The lowest BCUT2D eigenvalue weighted by molar-refractivity contribution is 0.390. The van der Waals surface area contributed by atoms with Crippen LogP contribution in [-0.2, 0) is 0 Å². The molecule has 0 amide bonds. The maximum Gasteiger partial charge on any atom is 0.237 e. The van der Waals surface area contributed by atoms with E-state index in [2.05, 4.69) is 20.6 Å². The quantitative estimate of drug-likeness (QED) is 0.571. The highest BCUT2D eigenvalue weighted by Crippen LogP contribution is 2.28. The van der Waals surface area contributed by atoms with Crippen molar-refractivity contribution in [2.24, 2.45) is 5.10 Å². The van der Waals surface area contributed by atoms with Gasteiger partial charge in [-0.25, -0.2) is 9.50 Å². The summed E-state index contributed by atoms with van der Waals surface area (Å²) in [6.07, 6.45) is 1.75. The number of hydrogen-bond acceptors (Lipinski definition) is 7. The Labute approximate surface area is 147 Å². The molecule has 0 saturated heterocycles. The second-order valence-corrected chi connectivity index (χ2v) is 5.20. The fraction of sp³-hybridized carbons (Fsp3) is 0.0625. The van der Waals surface area contributed by atoms with Gasteiger partial charge in [-0.1, -0.05) is 17.7 Å². The number of nitriles is 2. The van der Waals surface area contributed by atoms with Crippen molar-refractivity contribution in [3.8, 4) is 29.3 Å². The topological polar surface area (TPSA) is 111 Å². The van der Waals surface area contributed by atoms with Gasteiger partial charge < -0.3 is 4.74 Å². The highest BCUT2D eigenvalue weighted by Gasteiger charge is 2.09. The molecular weight excluding hydrogens is 342 g/mol. The van der Waals surface area contributed by atoms with Gasteiger partial charge >= 0.3 is 0 Å². The van der Waals surface area contributed by atoms with Crippen molar-refractivity contribution in [3.63, 3.8) is 0 Å². The van der Waals surface area contributed by atoms with Gasteiger partial charge in [0.1, 0.15) is 12.1 Å². The third-order valence-electron chi connectivity index (χ3n) is 3.27. The minimum atomic E-state index is -0.300. The van der Waals surface area contributed by atoms with Crippen LogP contribution >= 0.6 is 11.6 Å². The van der Waals surface area contributed by atoms with Crippen LogP contribution in [-0.4, -0.2) is 27.4 Å². The minimum absolute atomic E-state index is 0.300. The fourth-order valence-corrected chi connectivity index (χ4v) is 2.23. The van der Waals surface area contributed by atoms with Crippen LogP contribution in [0.5, 0.6) is 5.88 Å². The van der Waals surface area contributed by atoms with Crippen molar-refractivity contribution in [2.45, 2.75) is 0 Å². The second kappa shape index (κ2) is 6.87. The predicted molar refractivity (Wildman–Crippen MR) is 92.3 cm³/mol. The molecule has 122 valence electrons. The molecular formula is C16H10ClN7O. The van der Waals surface area contributed by atoms with Gasteiger partial charge in [0.2, 0.25) is 11.6 Å². The standard InChI is InChI=1S/C16H10ClN7O/c1-25-16-5-4-15-20-14(9-24(15)23-16)10-2-3-12(17)13(6-10)22-21-11(7-18)8-19/h2-6,9,22H,1H3. The summed E-state index contributed by atoms with van der Waals surface area (Å²) in [7, 11) is 1.54. The number of ether oxygens (including phenoxy) is 1. The Hall–Kier alpha value is -3.62. The molecule has 0 atom stereocenters.